The Morgan fingerprint density at radius 1 is 1.33 bits per heavy atom. The third-order valence-electron chi connectivity index (χ3n) is 1.76. The summed E-state index contributed by atoms with van der Waals surface area (Å²) in [4.78, 5) is 3.84. The summed E-state index contributed by atoms with van der Waals surface area (Å²) in [6.45, 7) is 1.12. The summed E-state index contributed by atoms with van der Waals surface area (Å²) < 4.78 is 0. The van der Waals surface area contributed by atoms with E-state index in [0.717, 1.165) is 0 Å². The van der Waals surface area contributed by atoms with Crippen LogP contribution in [0.5, 0.6) is 5.75 Å². The van der Waals surface area contributed by atoms with Gasteiger partial charge < -0.3 is 15.3 Å². The fourth-order valence-corrected chi connectivity index (χ4v) is 0.997. The van der Waals surface area contributed by atoms with E-state index in [4.69, 9.17) is 10.2 Å². The number of nitrogens with zero attached hydrogens (tertiary/aromatic N) is 1. The van der Waals surface area contributed by atoms with Crippen LogP contribution in [0, 0.1) is 6.92 Å². The van der Waals surface area contributed by atoms with Crippen molar-refractivity contribution in [2.24, 2.45) is 0 Å². The molecule has 1 rings (SSSR count). The smallest absolute Gasteiger partial charge is 0.142 e. The zero-order chi connectivity index (χ0) is 9.14. The van der Waals surface area contributed by atoms with Gasteiger partial charge in [-0.3, -0.25) is 4.98 Å². The van der Waals surface area contributed by atoms with Gasteiger partial charge in [-0.2, -0.15) is 0 Å². The molecule has 12 heavy (non-hydrogen) atoms. The maximum absolute atomic E-state index is 9.38. The number of aliphatic hydroxyl groups excluding tert-OH is 2. The highest BCUT2D eigenvalue weighted by molar-refractivity contribution is 5.39. The Hall–Kier alpha value is -1.13. The van der Waals surface area contributed by atoms with Gasteiger partial charge in [0, 0.05) is 17.3 Å². The molecule has 0 aliphatic carbocycles. The molecular formula is C8H11NO3. The Bertz CT molecular complexity index is 286. The van der Waals surface area contributed by atoms with Crippen molar-refractivity contribution >= 4 is 0 Å². The molecule has 1 aromatic heterocycles. The van der Waals surface area contributed by atoms with Crippen LogP contribution in [0.15, 0.2) is 6.20 Å². The largest absolute Gasteiger partial charge is 0.506 e. The van der Waals surface area contributed by atoms with Crippen LogP contribution in [0.25, 0.3) is 0 Å². The number of hydrogen-bond acceptors (Lipinski definition) is 4. The van der Waals surface area contributed by atoms with Crippen LogP contribution >= 0.6 is 0 Å². The normalized spacial score (nSPS) is 10.2. The number of pyridine rings is 1. The fraction of sp³-hybridized carbons (Fsp3) is 0.375. The molecule has 4 heteroatoms. The lowest BCUT2D eigenvalue weighted by molar-refractivity contribution is 0.254. The number of hydrogen-bond donors (Lipinski definition) is 3. The quantitative estimate of drug-likeness (QED) is 0.554. The molecule has 0 bridgehead atoms. The van der Waals surface area contributed by atoms with E-state index >= 15 is 0 Å². The van der Waals surface area contributed by atoms with Gasteiger partial charge in [0.15, 0.2) is 0 Å². The van der Waals surface area contributed by atoms with Crippen LogP contribution in [-0.2, 0) is 13.2 Å². The van der Waals surface area contributed by atoms with Crippen molar-refractivity contribution in [2.45, 2.75) is 20.1 Å². The molecule has 1 heterocycles. The zero-order valence-electron chi connectivity index (χ0n) is 6.78. The summed E-state index contributed by atoms with van der Waals surface area (Å²) in [7, 11) is 0. The van der Waals surface area contributed by atoms with Gasteiger partial charge in [-0.15, -0.1) is 0 Å². The first-order valence-corrected chi connectivity index (χ1v) is 3.58. The van der Waals surface area contributed by atoms with Gasteiger partial charge in [0.1, 0.15) is 5.75 Å². The Kier molecular flexibility index (Phi) is 2.62. The number of aryl methyl sites for hydroxylation is 1. The van der Waals surface area contributed by atoms with Crippen LogP contribution < -0.4 is 0 Å². The average molecular weight is 173 g/mol. The van der Waals surface area contributed by atoms with Gasteiger partial charge in [0.05, 0.1) is 18.9 Å². The lowest BCUT2D eigenvalue weighted by Crippen LogP contribution is -1.98. The lowest BCUT2D eigenvalue weighted by Gasteiger charge is -2.07. The van der Waals surface area contributed by atoms with Crippen molar-refractivity contribution in [3.63, 3.8) is 0 Å². The van der Waals surface area contributed by atoms with Gasteiger partial charge >= 0.3 is 0 Å². The standard InChI is InChI=1S/C8H11NO3/c1-5-8(12)7(4-11)6(3-10)2-9-5/h2,10-12H,3-4H2,1H3/i3+1,4+1,8+1,9+1. The lowest BCUT2D eigenvalue weighted by atomic mass is 10.3. The minimum absolute atomic E-state index is 0.0379. The molecule has 66 valence electrons. The zero-order valence-corrected chi connectivity index (χ0v) is 6.78. The summed E-state index contributed by atoms with van der Waals surface area (Å²) in [5.41, 5.74) is 1.27. The van der Waals surface area contributed by atoms with Crippen LogP contribution in [-0.4, -0.2) is 20.3 Å². The summed E-state index contributed by atoms with van der Waals surface area (Å²) >= 11 is 0. The number of aromatic hydroxyl groups is 1. The van der Waals surface area contributed by atoms with E-state index in [1.54, 1.807) is 6.92 Å². The summed E-state index contributed by atoms with van der Waals surface area (Å²) in [5, 5.41) is 27.0. The highest BCUT2D eigenvalue weighted by atomic mass is 16.4. The Morgan fingerprint density at radius 3 is 2.50 bits per heavy atom. The molecule has 0 fully saturated rings. The maximum atomic E-state index is 9.38. The predicted molar refractivity (Wildman–Crippen MR) is 42.5 cm³/mol. The molecule has 0 amide bonds. The first-order chi connectivity index (χ1) is 5.70. The molecule has 0 spiro atoms. The van der Waals surface area contributed by atoms with E-state index in [-0.39, 0.29) is 19.0 Å². The molecule has 0 aliphatic rings. The summed E-state index contributed by atoms with van der Waals surface area (Å²) in [6, 6.07) is 0. The molecule has 0 radical (unpaired) electrons. The van der Waals surface area contributed by atoms with Crippen molar-refractivity contribution in [3.8, 4) is 5.75 Å². The Labute approximate surface area is 70.1 Å². The molecule has 0 saturated heterocycles. The van der Waals surface area contributed by atoms with Gasteiger partial charge in [-0.05, 0) is 6.92 Å². The Balaban J connectivity index is 3.25. The average Bonchev–Trinajstić information content (AvgIpc) is 2.09. The van der Waals surface area contributed by atoms with Crippen molar-refractivity contribution in [1.29, 1.82) is 0 Å². The molecular weight excluding hydrogens is 162 g/mol. The van der Waals surface area contributed by atoms with E-state index in [1.165, 1.54) is 6.20 Å². The topological polar surface area (TPSA) is 73.6 Å². The summed E-state index contributed by atoms with van der Waals surface area (Å²) in [6.07, 6.45) is 1.45. The van der Waals surface area contributed by atoms with Crippen molar-refractivity contribution in [3.05, 3.63) is 23.0 Å². The van der Waals surface area contributed by atoms with E-state index < -0.39 is 0 Å². The van der Waals surface area contributed by atoms with Crippen molar-refractivity contribution < 1.29 is 15.3 Å². The van der Waals surface area contributed by atoms with E-state index in [9.17, 15) is 5.11 Å². The number of rotatable bonds is 2. The molecule has 0 aliphatic heterocycles. The fourth-order valence-electron chi connectivity index (χ4n) is 0.997. The molecule has 1 aromatic rings. The number of aliphatic hydroxyl groups is 2. The maximum Gasteiger partial charge on any atom is 0.142 e. The van der Waals surface area contributed by atoms with E-state index in [1.807, 2.05) is 0 Å². The predicted octanol–water partition coefficient (Wildman–Crippen LogP) is 0.0802. The van der Waals surface area contributed by atoms with Gasteiger partial charge in [-0.1, -0.05) is 0 Å². The van der Waals surface area contributed by atoms with Crippen LogP contribution in [0.3, 0.4) is 0 Å². The van der Waals surface area contributed by atoms with Gasteiger partial charge in [0.25, 0.3) is 0 Å². The second-order valence-corrected chi connectivity index (χ2v) is 2.51. The van der Waals surface area contributed by atoms with Gasteiger partial charge in [-0.25, -0.2) is 0 Å². The molecule has 0 unspecified atom stereocenters. The molecule has 0 saturated carbocycles. The second-order valence-electron chi connectivity index (χ2n) is 2.51. The van der Waals surface area contributed by atoms with Gasteiger partial charge in [0.2, 0.25) is 0 Å². The van der Waals surface area contributed by atoms with Crippen LogP contribution in [0.1, 0.15) is 16.8 Å². The monoisotopic (exact) mass is 173 g/mol. The van der Waals surface area contributed by atoms with E-state index in [0.29, 0.717) is 16.8 Å². The highest BCUT2D eigenvalue weighted by Gasteiger charge is 2.09. The van der Waals surface area contributed by atoms with Crippen molar-refractivity contribution in [2.75, 3.05) is 0 Å². The minimum atomic E-state index is -0.287. The SMILES string of the molecule is Cc1[15n]cc([13CH2]O)c([13CH2]O)[13c]1O. The van der Waals surface area contributed by atoms with Crippen LogP contribution in [0.4, 0.5) is 0 Å². The third kappa shape index (κ3) is 1.39. The summed E-state index contributed by atoms with van der Waals surface area (Å²) in [5.74, 6) is -0.0379. The van der Waals surface area contributed by atoms with E-state index in [2.05, 4.69) is 4.98 Å². The second kappa shape index (κ2) is 3.51. The van der Waals surface area contributed by atoms with Crippen LogP contribution in [0.2, 0.25) is 0 Å². The molecule has 0 atom stereocenters. The third-order valence-corrected chi connectivity index (χ3v) is 1.76. The molecule has 3 N–H and O–H groups in total. The van der Waals surface area contributed by atoms with Crippen molar-refractivity contribution in [1.82, 2.24) is 4.98 Å². The Morgan fingerprint density at radius 2 is 2.00 bits per heavy atom. The first-order valence-electron chi connectivity index (χ1n) is 3.58. The minimum Gasteiger partial charge on any atom is -0.506 e. The number of aromatic nitrogens is 1. The molecule has 0 aromatic carbocycles. The molecule has 4 nitrogen and oxygen atoms in total. The first kappa shape index (κ1) is 8.96. The highest BCUT2D eigenvalue weighted by Crippen LogP contribution is 2.23.